The fourth-order valence-electron chi connectivity index (χ4n) is 3.52. The van der Waals surface area contributed by atoms with Gasteiger partial charge in [-0.05, 0) is 48.4 Å². The lowest BCUT2D eigenvalue weighted by Crippen LogP contribution is -2.25. The molecule has 0 unspecified atom stereocenters. The Labute approximate surface area is 168 Å². The Morgan fingerprint density at radius 1 is 1.00 bits per heavy atom. The third-order valence-electron chi connectivity index (χ3n) is 4.99. The quantitative estimate of drug-likeness (QED) is 0.377. The number of benzene rings is 2. The van der Waals surface area contributed by atoms with E-state index in [1.54, 1.807) is 30.1 Å². The first-order valence-electron chi connectivity index (χ1n) is 9.37. The van der Waals surface area contributed by atoms with Gasteiger partial charge in [0.15, 0.2) is 5.78 Å². The van der Waals surface area contributed by atoms with Crippen molar-refractivity contribution in [3.05, 3.63) is 106 Å². The molecular weight excluding hydrogens is 360 g/mol. The fraction of sp³-hybridized carbons (Fsp3) is 0.0800. The van der Waals surface area contributed by atoms with Crippen molar-refractivity contribution < 1.29 is 4.79 Å². The maximum atomic E-state index is 13.2. The van der Waals surface area contributed by atoms with Crippen LogP contribution in [-0.4, -0.2) is 15.3 Å². The molecule has 2 aromatic carbocycles. The van der Waals surface area contributed by atoms with Crippen LogP contribution in [0.15, 0.2) is 83.9 Å². The summed E-state index contributed by atoms with van der Waals surface area (Å²) in [4.78, 5) is 30.4. The third-order valence-corrected chi connectivity index (χ3v) is 4.99. The monoisotopic (exact) mass is 380 g/mol. The lowest BCUT2D eigenvalue weighted by atomic mass is 9.93. The summed E-state index contributed by atoms with van der Waals surface area (Å²) in [6.07, 6.45) is 6.49. The number of aryl methyl sites for hydroxylation is 2. The highest BCUT2D eigenvalue weighted by Gasteiger charge is 2.21. The van der Waals surface area contributed by atoms with Gasteiger partial charge in [0.2, 0.25) is 0 Å². The minimum Gasteiger partial charge on any atom is -0.311 e. The maximum Gasteiger partial charge on any atom is 0.262 e. The van der Waals surface area contributed by atoms with Gasteiger partial charge in [0, 0.05) is 30.4 Å². The second-order valence-corrected chi connectivity index (χ2v) is 6.98. The Morgan fingerprint density at radius 3 is 2.45 bits per heavy atom. The number of hydrogen-bond donors (Lipinski definition) is 0. The molecule has 2 aromatic heterocycles. The summed E-state index contributed by atoms with van der Waals surface area (Å²) in [6, 6.07) is 19.2. The number of aromatic nitrogens is 2. The first kappa shape index (κ1) is 18.6. The van der Waals surface area contributed by atoms with E-state index in [2.05, 4.69) is 4.98 Å². The van der Waals surface area contributed by atoms with Gasteiger partial charge in [0.1, 0.15) is 0 Å². The minimum absolute atomic E-state index is 0.183. The second kappa shape index (κ2) is 7.68. The number of ketones is 1. The zero-order chi connectivity index (χ0) is 20.4. The van der Waals surface area contributed by atoms with E-state index in [-0.39, 0.29) is 16.9 Å². The largest absolute Gasteiger partial charge is 0.311 e. The third kappa shape index (κ3) is 3.52. The number of carbonyl (C=O) groups excluding carboxylic acids is 1. The molecule has 29 heavy (non-hydrogen) atoms. The lowest BCUT2D eigenvalue weighted by molar-refractivity contribution is 0.104. The van der Waals surface area contributed by atoms with E-state index < -0.39 is 0 Å². The van der Waals surface area contributed by atoms with Gasteiger partial charge in [-0.1, -0.05) is 48.0 Å². The highest BCUT2D eigenvalue weighted by molar-refractivity contribution is 6.15. The molecule has 0 fully saturated rings. The molecule has 4 heteroatoms. The normalized spacial score (nSPS) is 11.2. The van der Waals surface area contributed by atoms with Crippen molar-refractivity contribution in [3.63, 3.8) is 0 Å². The van der Waals surface area contributed by atoms with E-state index in [1.165, 1.54) is 6.08 Å². The standard InChI is InChI=1S/C25H20N2O2/c1-17-8-10-21-20(16-17)23(19-6-4-3-5-7-19)24(25(29)27(21)2)22(28)11-9-18-12-14-26-15-13-18/h3-16H,1-2H3/b11-9+. The van der Waals surface area contributed by atoms with Crippen LogP contribution in [0.1, 0.15) is 21.5 Å². The van der Waals surface area contributed by atoms with Crippen LogP contribution in [0.2, 0.25) is 0 Å². The number of fused-ring (bicyclic) bond motifs is 1. The fourth-order valence-corrected chi connectivity index (χ4v) is 3.52. The molecule has 0 spiro atoms. The first-order valence-corrected chi connectivity index (χ1v) is 9.37. The van der Waals surface area contributed by atoms with Gasteiger partial charge >= 0.3 is 0 Å². The molecule has 0 aliphatic rings. The number of carbonyl (C=O) groups is 1. The summed E-state index contributed by atoms with van der Waals surface area (Å²) >= 11 is 0. The van der Waals surface area contributed by atoms with Crippen molar-refractivity contribution >= 4 is 22.8 Å². The van der Waals surface area contributed by atoms with Crippen molar-refractivity contribution in [3.8, 4) is 11.1 Å². The predicted molar refractivity (Wildman–Crippen MR) is 117 cm³/mol. The molecule has 0 aliphatic carbocycles. The van der Waals surface area contributed by atoms with Gasteiger partial charge in [0.25, 0.3) is 5.56 Å². The molecule has 0 aliphatic heterocycles. The molecule has 0 N–H and O–H groups in total. The van der Waals surface area contributed by atoms with E-state index in [0.717, 1.165) is 27.6 Å². The zero-order valence-electron chi connectivity index (χ0n) is 16.3. The highest BCUT2D eigenvalue weighted by atomic mass is 16.1. The number of hydrogen-bond acceptors (Lipinski definition) is 3. The summed E-state index contributed by atoms with van der Waals surface area (Å²) in [5, 5.41) is 0.888. The summed E-state index contributed by atoms with van der Waals surface area (Å²) in [5.41, 5.74) is 4.13. The van der Waals surface area contributed by atoms with E-state index in [9.17, 15) is 9.59 Å². The molecule has 2 heterocycles. The van der Waals surface area contributed by atoms with Crippen LogP contribution in [0.3, 0.4) is 0 Å². The summed E-state index contributed by atoms with van der Waals surface area (Å²) in [6.45, 7) is 2.00. The first-order chi connectivity index (χ1) is 14.1. The van der Waals surface area contributed by atoms with E-state index in [1.807, 2.05) is 67.6 Å². The molecule has 0 saturated carbocycles. The number of pyridine rings is 2. The molecule has 0 saturated heterocycles. The molecule has 0 radical (unpaired) electrons. The zero-order valence-corrected chi connectivity index (χ0v) is 16.3. The van der Waals surface area contributed by atoms with Crippen molar-refractivity contribution in [1.29, 1.82) is 0 Å². The molecule has 0 atom stereocenters. The van der Waals surface area contributed by atoms with Crippen molar-refractivity contribution in [2.75, 3.05) is 0 Å². The summed E-state index contributed by atoms with van der Waals surface area (Å²) in [7, 11) is 1.71. The van der Waals surface area contributed by atoms with Crippen molar-refractivity contribution in [1.82, 2.24) is 9.55 Å². The SMILES string of the molecule is Cc1ccc2c(c1)c(-c1ccccc1)c(C(=O)/C=C/c1ccncc1)c(=O)n2C. The number of allylic oxidation sites excluding steroid dienone is 1. The predicted octanol–water partition coefficient (Wildman–Crippen LogP) is 4.81. The van der Waals surface area contributed by atoms with Gasteiger partial charge in [0.05, 0.1) is 11.1 Å². The Kier molecular flexibility index (Phi) is 4.92. The highest BCUT2D eigenvalue weighted by Crippen LogP contribution is 2.31. The van der Waals surface area contributed by atoms with Crippen LogP contribution >= 0.6 is 0 Å². The van der Waals surface area contributed by atoms with Crippen LogP contribution in [0.25, 0.3) is 28.1 Å². The summed E-state index contributed by atoms with van der Waals surface area (Å²) < 4.78 is 1.55. The lowest BCUT2D eigenvalue weighted by Gasteiger charge is -2.15. The Balaban J connectivity index is 2.00. The topological polar surface area (TPSA) is 52.0 Å². The molecule has 142 valence electrons. The second-order valence-electron chi connectivity index (χ2n) is 6.98. The minimum atomic E-state index is -0.315. The maximum absolute atomic E-state index is 13.2. The van der Waals surface area contributed by atoms with Crippen LogP contribution in [-0.2, 0) is 7.05 Å². The average molecular weight is 380 g/mol. The van der Waals surface area contributed by atoms with Gasteiger partial charge in [-0.15, -0.1) is 0 Å². The molecule has 0 amide bonds. The van der Waals surface area contributed by atoms with E-state index >= 15 is 0 Å². The van der Waals surface area contributed by atoms with Crippen molar-refractivity contribution in [2.24, 2.45) is 7.05 Å². The Morgan fingerprint density at radius 2 is 1.72 bits per heavy atom. The van der Waals surface area contributed by atoms with Crippen LogP contribution < -0.4 is 5.56 Å². The molecule has 4 aromatic rings. The average Bonchev–Trinajstić information content (AvgIpc) is 2.75. The summed E-state index contributed by atoms with van der Waals surface area (Å²) in [5.74, 6) is -0.315. The van der Waals surface area contributed by atoms with Gasteiger partial charge < -0.3 is 4.57 Å². The number of nitrogens with zero attached hydrogens (tertiary/aromatic N) is 2. The molecule has 4 nitrogen and oxygen atoms in total. The Bertz CT molecular complexity index is 1290. The Hall–Kier alpha value is -3.79. The van der Waals surface area contributed by atoms with Gasteiger partial charge in [-0.25, -0.2) is 0 Å². The molecular formula is C25H20N2O2. The van der Waals surface area contributed by atoms with Crippen molar-refractivity contribution in [2.45, 2.75) is 6.92 Å². The van der Waals surface area contributed by atoms with Crippen LogP contribution in [0.4, 0.5) is 0 Å². The van der Waals surface area contributed by atoms with Crippen LogP contribution in [0.5, 0.6) is 0 Å². The van der Waals surface area contributed by atoms with E-state index in [0.29, 0.717) is 5.56 Å². The molecule has 0 bridgehead atoms. The number of rotatable bonds is 4. The van der Waals surface area contributed by atoms with Gasteiger partial charge in [-0.3, -0.25) is 14.6 Å². The van der Waals surface area contributed by atoms with E-state index in [4.69, 9.17) is 0 Å². The molecule has 4 rings (SSSR count). The van der Waals surface area contributed by atoms with Crippen LogP contribution in [0, 0.1) is 6.92 Å². The van der Waals surface area contributed by atoms with Gasteiger partial charge in [-0.2, -0.15) is 0 Å². The smallest absolute Gasteiger partial charge is 0.262 e.